The van der Waals surface area contributed by atoms with Crippen molar-refractivity contribution in [3.63, 3.8) is 0 Å². The minimum Gasteiger partial charge on any atom is -0.492 e. The smallest absolute Gasteiger partial charge is 0.229 e. The van der Waals surface area contributed by atoms with Crippen LogP contribution in [-0.4, -0.2) is 74.0 Å². The Balaban J connectivity index is 1.31. The predicted molar refractivity (Wildman–Crippen MR) is 137 cm³/mol. The lowest BCUT2D eigenvalue weighted by Gasteiger charge is -2.32. The van der Waals surface area contributed by atoms with Gasteiger partial charge in [0.25, 0.3) is 0 Å². The lowest BCUT2D eigenvalue weighted by atomic mass is 9.98. The standard InChI is InChI=1S/C27H37N5O3/c1-2-12-31(11-1)15-18-35-25-6-5-24-19-23(25)21-34-17-4-3-16-33-20-22-8-13-32(14-9-22)26-7-10-28-27(29-24)30-26/h3-7,10,19,22H,1-2,8-9,11-18,20-21H2,(H,28,29,30). The van der Waals surface area contributed by atoms with Crippen molar-refractivity contribution in [1.82, 2.24) is 14.9 Å². The van der Waals surface area contributed by atoms with Gasteiger partial charge in [-0.3, -0.25) is 4.90 Å². The molecule has 4 aliphatic rings. The third kappa shape index (κ3) is 6.93. The van der Waals surface area contributed by atoms with Crippen LogP contribution in [-0.2, 0) is 16.1 Å². The van der Waals surface area contributed by atoms with Gasteiger partial charge in [0, 0.05) is 43.7 Å². The Hall–Kier alpha value is -2.68. The minimum absolute atomic E-state index is 0.469. The monoisotopic (exact) mass is 479 g/mol. The van der Waals surface area contributed by atoms with Crippen LogP contribution in [0, 0.1) is 5.92 Å². The Morgan fingerprint density at radius 2 is 1.83 bits per heavy atom. The van der Waals surface area contributed by atoms with E-state index in [0.29, 0.717) is 38.3 Å². The van der Waals surface area contributed by atoms with E-state index in [4.69, 9.17) is 19.2 Å². The topological polar surface area (TPSA) is 72.0 Å². The third-order valence-electron chi connectivity index (χ3n) is 6.97. The molecule has 8 nitrogen and oxygen atoms in total. The van der Waals surface area contributed by atoms with Crippen molar-refractivity contribution in [2.24, 2.45) is 5.92 Å². The Bertz CT molecular complexity index is 971. The molecule has 6 bridgehead atoms. The molecule has 2 aromatic rings. The minimum atomic E-state index is 0.469. The van der Waals surface area contributed by atoms with E-state index in [-0.39, 0.29) is 0 Å². The molecule has 0 amide bonds. The van der Waals surface area contributed by atoms with E-state index in [1.165, 1.54) is 25.9 Å². The summed E-state index contributed by atoms with van der Waals surface area (Å²) < 4.78 is 18.0. The van der Waals surface area contributed by atoms with Crippen molar-refractivity contribution >= 4 is 17.5 Å². The van der Waals surface area contributed by atoms with Crippen LogP contribution in [0.25, 0.3) is 0 Å². The van der Waals surface area contributed by atoms with E-state index in [1.54, 1.807) is 0 Å². The van der Waals surface area contributed by atoms with Crippen LogP contribution in [0.4, 0.5) is 17.5 Å². The number of nitrogens with zero attached hydrogens (tertiary/aromatic N) is 4. The van der Waals surface area contributed by atoms with Crippen LogP contribution in [0.3, 0.4) is 0 Å². The molecule has 0 spiro atoms. The van der Waals surface area contributed by atoms with Gasteiger partial charge < -0.3 is 24.4 Å². The molecule has 0 atom stereocenters. The molecule has 2 saturated heterocycles. The molecule has 0 radical (unpaired) electrons. The Labute approximate surface area is 208 Å². The number of benzene rings is 1. The second kappa shape index (κ2) is 12.3. The second-order valence-electron chi connectivity index (χ2n) is 9.54. The van der Waals surface area contributed by atoms with Crippen molar-refractivity contribution < 1.29 is 14.2 Å². The number of hydrogen-bond acceptors (Lipinski definition) is 8. The number of hydrogen-bond donors (Lipinski definition) is 1. The Morgan fingerprint density at radius 1 is 1.00 bits per heavy atom. The molecular formula is C27H37N5O3. The van der Waals surface area contributed by atoms with Gasteiger partial charge in [-0.25, -0.2) is 4.98 Å². The summed E-state index contributed by atoms with van der Waals surface area (Å²) in [5.41, 5.74) is 1.94. The highest BCUT2D eigenvalue weighted by molar-refractivity contribution is 5.58. The van der Waals surface area contributed by atoms with Crippen LogP contribution in [0.5, 0.6) is 5.75 Å². The molecule has 0 aliphatic carbocycles. The van der Waals surface area contributed by atoms with Crippen molar-refractivity contribution in [1.29, 1.82) is 0 Å². The second-order valence-corrected chi connectivity index (χ2v) is 9.54. The fraction of sp³-hybridized carbons (Fsp3) is 0.556. The van der Waals surface area contributed by atoms with Gasteiger partial charge in [0.15, 0.2) is 0 Å². The zero-order chi connectivity index (χ0) is 23.7. The maximum atomic E-state index is 6.18. The molecule has 0 saturated carbocycles. The van der Waals surface area contributed by atoms with Crippen LogP contribution >= 0.6 is 0 Å². The summed E-state index contributed by atoms with van der Waals surface area (Å²) >= 11 is 0. The summed E-state index contributed by atoms with van der Waals surface area (Å²) in [6.45, 7) is 8.41. The fourth-order valence-electron chi connectivity index (χ4n) is 4.92. The average molecular weight is 480 g/mol. The summed E-state index contributed by atoms with van der Waals surface area (Å²) in [6.07, 6.45) is 10.7. The number of rotatable bonds is 4. The highest BCUT2D eigenvalue weighted by Crippen LogP contribution is 2.27. The summed E-state index contributed by atoms with van der Waals surface area (Å²) in [6, 6.07) is 8.11. The first-order valence-corrected chi connectivity index (χ1v) is 13.0. The highest BCUT2D eigenvalue weighted by atomic mass is 16.5. The zero-order valence-corrected chi connectivity index (χ0v) is 20.5. The number of likely N-dealkylation sites (tertiary alicyclic amines) is 1. The van der Waals surface area contributed by atoms with Gasteiger partial charge in [0.05, 0.1) is 19.8 Å². The first-order chi connectivity index (χ1) is 17.3. The Kier molecular flexibility index (Phi) is 8.47. The predicted octanol–water partition coefficient (Wildman–Crippen LogP) is 4.01. The molecule has 2 fully saturated rings. The fourth-order valence-corrected chi connectivity index (χ4v) is 4.92. The van der Waals surface area contributed by atoms with Gasteiger partial charge in [-0.1, -0.05) is 12.2 Å². The number of nitrogens with one attached hydrogen (secondary N) is 1. The van der Waals surface area contributed by atoms with Crippen molar-refractivity contribution in [2.75, 3.05) is 69.4 Å². The number of aromatic nitrogens is 2. The molecule has 1 aromatic heterocycles. The van der Waals surface area contributed by atoms with E-state index in [9.17, 15) is 0 Å². The van der Waals surface area contributed by atoms with Gasteiger partial charge in [-0.15, -0.1) is 0 Å². The van der Waals surface area contributed by atoms with Crippen molar-refractivity contribution in [3.05, 3.63) is 48.2 Å². The normalized spacial score (nSPS) is 20.2. The molecule has 4 aliphatic heterocycles. The number of piperidine rings is 1. The average Bonchev–Trinajstić information content (AvgIpc) is 3.40. The lowest BCUT2D eigenvalue weighted by molar-refractivity contribution is 0.110. The lowest BCUT2D eigenvalue weighted by Crippen LogP contribution is -2.35. The van der Waals surface area contributed by atoms with Crippen molar-refractivity contribution in [3.8, 4) is 5.75 Å². The molecule has 0 unspecified atom stereocenters. The van der Waals surface area contributed by atoms with Gasteiger partial charge in [-0.05, 0) is 69.0 Å². The van der Waals surface area contributed by atoms with Gasteiger partial charge in [0.2, 0.25) is 5.95 Å². The van der Waals surface area contributed by atoms with Crippen LogP contribution < -0.4 is 15.0 Å². The van der Waals surface area contributed by atoms with Crippen molar-refractivity contribution in [2.45, 2.75) is 32.3 Å². The number of fused-ring (bicyclic) bond motifs is 8. The Morgan fingerprint density at radius 3 is 2.69 bits per heavy atom. The van der Waals surface area contributed by atoms with Crippen LogP contribution in [0.1, 0.15) is 31.2 Å². The molecule has 5 heterocycles. The van der Waals surface area contributed by atoms with Gasteiger partial charge >= 0.3 is 0 Å². The molecular weight excluding hydrogens is 442 g/mol. The SMILES string of the molecule is C1=CCOCC2CCN(CC2)c2ccnc(n2)Nc2ccc(OCCN3CCCC3)c(c2)COC1. The summed E-state index contributed by atoms with van der Waals surface area (Å²) in [7, 11) is 0. The van der Waals surface area contributed by atoms with Crippen LogP contribution in [0.2, 0.25) is 0 Å². The maximum absolute atomic E-state index is 6.18. The molecule has 188 valence electrons. The van der Waals surface area contributed by atoms with Gasteiger partial charge in [0.1, 0.15) is 18.2 Å². The molecule has 1 N–H and O–H groups in total. The number of anilines is 3. The number of ether oxygens (including phenoxy) is 3. The third-order valence-corrected chi connectivity index (χ3v) is 6.97. The quantitative estimate of drug-likeness (QED) is 0.660. The summed E-state index contributed by atoms with van der Waals surface area (Å²) in [4.78, 5) is 14.1. The maximum Gasteiger partial charge on any atom is 0.229 e. The van der Waals surface area contributed by atoms with E-state index in [0.717, 1.165) is 61.9 Å². The molecule has 35 heavy (non-hydrogen) atoms. The summed E-state index contributed by atoms with van der Waals surface area (Å²) in [5.74, 6) is 3.03. The van der Waals surface area contributed by atoms with E-state index < -0.39 is 0 Å². The van der Waals surface area contributed by atoms with Crippen LogP contribution in [0.15, 0.2) is 42.6 Å². The first kappa shape index (κ1) is 24.0. The highest BCUT2D eigenvalue weighted by Gasteiger charge is 2.21. The molecule has 8 heteroatoms. The molecule has 1 aromatic carbocycles. The molecule has 6 rings (SSSR count). The van der Waals surface area contributed by atoms with E-state index in [1.807, 2.05) is 30.5 Å². The van der Waals surface area contributed by atoms with E-state index in [2.05, 4.69) is 32.2 Å². The summed E-state index contributed by atoms with van der Waals surface area (Å²) in [5, 5.41) is 3.38. The zero-order valence-electron chi connectivity index (χ0n) is 20.5. The largest absolute Gasteiger partial charge is 0.492 e. The van der Waals surface area contributed by atoms with E-state index >= 15 is 0 Å². The first-order valence-electron chi connectivity index (χ1n) is 13.0. The van der Waals surface area contributed by atoms with Gasteiger partial charge in [-0.2, -0.15) is 4.98 Å².